The number of pyridine rings is 1. The maximum Gasteiger partial charge on any atom is 0.357 e. The van der Waals surface area contributed by atoms with Crippen LogP contribution in [0.3, 0.4) is 0 Å². The van der Waals surface area contributed by atoms with Gasteiger partial charge in [-0.15, -0.1) is 11.3 Å². The molecule has 5 aromatic rings. The van der Waals surface area contributed by atoms with E-state index in [9.17, 15) is 9.59 Å². The minimum atomic E-state index is -1.22. The molecule has 0 fully saturated rings. The fourth-order valence-corrected chi connectivity index (χ4v) is 3.39. The Morgan fingerprint density at radius 3 is 1.94 bits per heavy atom. The van der Waals surface area contributed by atoms with E-state index in [0.29, 0.717) is 22.1 Å². The van der Waals surface area contributed by atoms with Gasteiger partial charge in [-0.2, -0.15) is 0 Å². The Balaban J connectivity index is 1.42. The quantitative estimate of drug-likeness (QED) is 0.384. The maximum absolute atomic E-state index is 11.0. The van der Waals surface area contributed by atoms with Gasteiger partial charge in [0.1, 0.15) is 35.2 Å². The van der Waals surface area contributed by atoms with Gasteiger partial charge in [-0.3, -0.25) is 0 Å². The Morgan fingerprint density at radius 1 is 0.688 bits per heavy atom. The Morgan fingerprint density at radius 2 is 1.28 bits per heavy atom. The minimum absolute atomic E-state index is 0.00444. The van der Waals surface area contributed by atoms with E-state index in [1.165, 1.54) is 17.6 Å². The number of rotatable bonds is 6. The molecule has 32 heavy (non-hydrogen) atoms. The summed E-state index contributed by atoms with van der Waals surface area (Å²) >= 11 is 1.27. The van der Waals surface area contributed by atoms with Crippen molar-refractivity contribution < 1.29 is 33.1 Å². The molecule has 158 valence electrons. The zero-order valence-electron chi connectivity index (χ0n) is 15.6. The number of carboxylic acid groups (broad SMARTS) is 2. The van der Waals surface area contributed by atoms with Crippen molar-refractivity contribution in [3.8, 4) is 45.5 Å². The number of hydrogen-bond acceptors (Lipinski definition) is 11. The second-order valence-electron chi connectivity index (χ2n) is 6.17. The second kappa shape index (κ2) is 7.55. The molecule has 2 N–H and O–H groups in total. The van der Waals surface area contributed by atoms with Gasteiger partial charge in [0, 0.05) is 5.38 Å². The van der Waals surface area contributed by atoms with E-state index in [-0.39, 0.29) is 34.8 Å². The largest absolute Gasteiger partial charge is 0.476 e. The molecular formula is C19H9N5O7S. The van der Waals surface area contributed by atoms with Gasteiger partial charge in [-0.25, -0.2) is 34.5 Å². The van der Waals surface area contributed by atoms with Crippen LogP contribution in [0.15, 0.2) is 55.6 Å². The van der Waals surface area contributed by atoms with Gasteiger partial charge in [0.15, 0.2) is 17.1 Å². The molecule has 0 saturated carbocycles. The third-order valence-electron chi connectivity index (χ3n) is 4.08. The molecule has 13 heteroatoms. The molecular weight excluding hydrogens is 442 g/mol. The third kappa shape index (κ3) is 3.52. The highest BCUT2D eigenvalue weighted by Gasteiger charge is 2.19. The van der Waals surface area contributed by atoms with Crippen LogP contribution in [0.5, 0.6) is 0 Å². The van der Waals surface area contributed by atoms with Crippen LogP contribution in [0.25, 0.3) is 45.5 Å². The zero-order valence-corrected chi connectivity index (χ0v) is 16.4. The standard InChI is InChI=1S/C19H9N5O7S/c25-18(26)11-5-30-15(22-11)10-4-29-14(21-10)8-2-1-3-9(20-8)17-24-13(7-32-17)16-23-12(6-31-16)19(27)28/h1-7H,(H,25,26)(H,27,28). The number of hydrogen-bond donors (Lipinski definition) is 2. The summed E-state index contributed by atoms with van der Waals surface area (Å²) in [6.45, 7) is 0. The van der Waals surface area contributed by atoms with Crippen LogP contribution in [0.1, 0.15) is 21.0 Å². The fraction of sp³-hybridized carbons (Fsp3) is 0. The number of aromatic nitrogens is 5. The molecule has 0 amide bonds. The Hall–Kier alpha value is -4.65. The smallest absolute Gasteiger partial charge is 0.357 e. The number of thiazole rings is 1. The summed E-state index contributed by atoms with van der Waals surface area (Å²) in [6.07, 6.45) is 3.34. The molecule has 5 rings (SSSR count). The molecule has 0 saturated heterocycles. The summed E-state index contributed by atoms with van der Waals surface area (Å²) < 4.78 is 15.7. The van der Waals surface area contributed by atoms with Crippen LogP contribution >= 0.6 is 11.3 Å². The normalized spacial score (nSPS) is 11.0. The van der Waals surface area contributed by atoms with Crippen LogP contribution in [-0.2, 0) is 0 Å². The van der Waals surface area contributed by atoms with Crippen LogP contribution in [0.2, 0.25) is 0 Å². The summed E-state index contributed by atoms with van der Waals surface area (Å²) in [5.74, 6) is -2.15. The average Bonchev–Trinajstić information content (AvgIpc) is 3.59. The summed E-state index contributed by atoms with van der Waals surface area (Å²) in [4.78, 5) is 42.8. The number of carboxylic acids is 2. The molecule has 5 aromatic heterocycles. The first-order chi connectivity index (χ1) is 15.5. The zero-order chi connectivity index (χ0) is 22.2. The lowest BCUT2D eigenvalue weighted by molar-refractivity contribution is 0.0679. The van der Waals surface area contributed by atoms with Crippen molar-refractivity contribution in [2.24, 2.45) is 0 Å². The summed E-state index contributed by atoms with van der Waals surface area (Å²) in [6, 6.07) is 5.16. The number of carbonyl (C=O) groups is 2. The molecule has 0 aliphatic heterocycles. The Kier molecular flexibility index (Phi) is 4.56. The highest BCUT2D eigenvalue weighted by atomic mass is 32.1. The topological polar surface area (TPSA) is 178 Å². The van der Waals surface area contributed by atoms with Crippen molar-refractivity contribution in [3.63, 3.8) is 0 Å². The van der Waals surface area contributed by atoms with Gasteiger partial charge in [-0.05, 0) is 12.1 Å². The van der Waals surface area contributed by atoms with Crippen molar-refractivity contribution >= 4 is 23.3 Å². The van der Waals surface area contributed by atoms with Gasteiger partial charge >= 0.3 is 11.9 Å². The van der Waals surface area contributed by atoms with Crippen molar-refractivity contribution in [1.29, 1.82) is 0 Å². The van der Waals surface area contributed by atoms with Gasteiger partial charge in [0.2, 0.25) is 17.7 Å². The van der Waals surface area contributed by atoms with Crippen LogP contribution in [0.4, 0.5) is 0 Å². The number of nitrogens with zero attached hydrogens (tertiary/aromatic N) is 5. The lowest BCUT2D eigenvalue weighted by Gasteiger charge is -1.98. The Labute approximate surface area is 180 Å². The summed E-state index contributed by atoms with van der Waals surface area (Å²) in [5, 5.41) is 20.1. The molecule has 5 heterocycles. The predicted molar refractivity (Wildman–Crippen MR) is 106 cm³/mol. The number of aromatic carboxylic acids is 2. The van der Waals surface area contributed by atoms with Crippen molar-refractivity contribution in [3.05, 3.63) is 53.8 Å². The lowest BCUT2D eigenvalue weighted by atomic mass is 10.3. The molecule has 0 aliphatic carbocycles. The molecule has 0 bridgehead atoms. The van der Waals surface area contributed by atoms with Crippen LogP contribution < -0.4 is 0 Å². The molecule has 0 atom stereocenters. The van der Waals surface area contributed by atoms with Crippen LogP contribution in [0, 0.1) is 0 Å². The van der Waals surface area contributed by atoms with E-state index in [2.05, 4.69) is 24.9 Å². The first-order valence-electron chi connectivity index (χ1n) is 8.75. The second-order valence-corrected chi connectivity index (χ2v) is 7.03. The molecule has 12 nitrogen and oxygen atoms in total. The highest BCUT2D eigenvalue weighted by Crippen LogP contribution is 2.30. The Bertz CT molecular complexity index is 1360. The first kappa shape index (κ1) is 19.3. The van der Waals surface area contributed by atoms with E-state index < -0.39 is 11.9 Å². The average molecular weight is 451 g/mol. The van der Waals surface area contributed by atoms with E-state index in [1.54, 1.807) is 23.6 Å². The van der Waals surface area contributed by atoms with E-state index >= 15 is 0 Å². The van der Waals surface area contributed by atoms with Crippen molar-refractivity contribution in [1.82, 2.24) is 24.9 Å². The molecule has 0 unspecified atom stereocenters. The van der Waals surface area contributed by atoms with E-state index in [1.807, 2.05) is 0 Å². The van der Waals surface area contributed by atoms with Crippen LogP contribution in [-0.4, -0.2) is 47.1 Å². The lowest BCUT2D eigenvalue weighted by Crippen LogP contribution is -1.95. The highest BCUT2D eigenvalue weighted by molar-refractivity contribution is 7.13. The minimum Gasteiger partial charge on any atom is -0.476 e. The molecule has 0 spiro atoms. The third-order valence-corrected chi connectivity index (χ3v) is 4.95. The monoisotopic (exact) mass is 451 g/mol. The molecule has 0 aromatic carbocycles. The summed E-state index contributed by atoms with van der Waals surface area (Å²) in [7, 11) is 0. The van der Waals surface area contributed by atoms with E-state index in [4.69, 9.17) is 23.5 Å². The van der Waals surface area contributed by atoms with Gasteiger partial charge in [0.25, 0.3) is 0 Å². The van der Waals surface area contributed by atoms with E-state index in [0.717, 1.165) is 12.5 Å². The summed E-state index contributed by atoms with van der Waals surface area (Å²) in [5.41, 5.74) is 1.06. The maximum atomic E-state index is 11.0. The fourth-order valence-electron chi connectivity index (χ4n) is 2.63. The van der Waals surface area contributed by atoms with Gasteiger partial charge in [0.05, 0.1) is 5.69 Å². The van der Waals surface area contributed by atoms with Gasteiger partial charge in [-0.1, -0.05) is 6.07 Å². The van der Waals surface area contributed by atoms with Gasteiger partial charge < -0.3 is 23.5 Å². The van der Waals surface area contributed by atoms with Crippen molar-refractivity contribution in [2.45, 2.75) is 0 Å². The SMILES string of the molecule is O=C(O)c1coc(-c2coc(-c3cccc(-c4nc(-c5nc(C(=O)O)co5)cs4)n3)n2)n1. The predicted octanol–water partition coefficient (Wildman–Crippen LogP) is 3.57. The number of oxazole rings is 3. The first-order valence-corrected chi connectivity index (χ1v) is 9.63. The molecule has 0 aliphatic rings. The van der Waals surface area contributed by atoms with Crippen molar-refractivity contribution in [2.75, 3.05) is 0 Å². The molecule has 0 radical (unpaired) electrons.